The molecule has 47 heavy (non-hydrogen) atoms. The average molecular weight is 673 g/mol. The van der Waals surface area contributed by atoms with E-state index in [1.807, 2.05) is 4.68 Å². The Morgan fingerprint density at radius 2 is 1.79 bits per heavy atom. The topological polar surface area (TPSA) is 117 Å². The lowest BCUT2D eigenvalue weighted by Crippen LogP contribution is -2.44. The fourth-order valence-corrected chi connectivity index (χ4v) is 7.83. The third-order valence-corrected chi connectivity index (χ3v) is 11.0. The minimum Gasteiger partial charge on any atom is -0.356 e. The van der Waals surface area contributed by atoms with Gasteiger partial charge in [-0.1, -0.05) is 24.3 Å². The molecule has 2 saturated heterocycles. The van der Waals surface area contributed by atoms with Gasteiger partial charge >= 0.3 is 6.18 Å². The van der Waals surface area contributed by atoms with E-state index in [2.05, 4.69) is 15.5 Å². The van der Waals surface area contributed by atoms with E-state index in [-0.39, 0.29) is 36.5 Å². The molecule has 4 heterocycles. The first-order chi connectivity index (χ1) is 22.3. The molecule has 14 heteroatoms. The highest BCUT2D eigenvalue weighted by Crippen LogP contribution is 2.39. The molecule has 0 atom stereocenters. The second-order valence-corrected chi connectivity index (χ2v) is 14.7. The Bertz CT molecular complexity index is 1750. The molecule has 252 valence electrons. The van der Waals surface area contributed by atoms with Crippen LogP contribution in [0.5, 0.6) is 0 Å². The number of hydrogen-bond acceptors (Lipinski definition) is 6. The van der Waals surface area contributed by atoms with Gasteiger partial charge in [-0.3, -0.25) is 14.3 Å². The van der Waals surface area contributed by atoms with Gasteiger partial charge in [-0.2, -0.15) is 22.6 Å². The van der Waals surface area contributed by atoms with Crippen molar-refractivity contribution in [2.45, 2.75) is 57.9 Å². The second kappa shape index (κ2) is 13.0. The Morgan fingerprint density at radius 3 is 2.45 bits per heavy atom. The minimum absolute atomic E-state index is 0.0703. The molecule has 6 rings (SSSR count). The van der Waals surface area contributed by atoms with Gasteiger partial charge in [0, 0.05) is 61.5 Å². The number of benzene rings is 2. The summed E-state index contributed by atoms with van der Waals surface area (Å²) in [4.78, 5) is 27.4. The van der Waals surface area contributed by atoms with Gasteiger partial charge in [0.2, 0.25) is 15.9 Å². The molecule has 0 unspecified atom stereocenters. The van der Waals surface area contributed by atoms with Gasteiger partial charge < -0.3 is 15.5 Å². The minimum atomic E-state index is -4.65. The third kappa shape index (κ3) is 7.09. The number of carbonyl (C=O) groups is 2. The van der Waals surface area contributed by atoms with Crippen LogP contribution in [0.25, 0.3) is 11.3 Å². The predicted molar refractivity (Wildman–Crippen MR) is 170 cm³/mol. The standard InChI is InChI=1S/C33H39F3N6O4S/c1-47(45,46)41-17-10-28-26(22-41)29(39-42(28)16-5-15-40-18-12-32(13-19-40)11-14-37-31(32)44)24-8-9-27(33(34,35)36)25(20-24)21-38-30(43)23-6-3-2-4-7-23/h2-4,6-9,20H,5,10-19,21-22H2,1H3,(H,37,44)(H,38,43). The second-order valence-electron chi connectivity index (χ2n) is 12.7. The third-order valence-electron chi connectivity index (χ3n) is 9.76. The summed E-state index contributed by atoms with van der Waals surface area (Å²) in [7, 11) is -3.52. The SMILES string of the molecule is CS(=O)(=O)N1CCc2c(c(-c3ccc(C(F)(F)F)c(CNC(=O)c4ccccc4)c3)nn2CCCN2CCC3(CCNC3=O)CC2)C1. The van der Waals surface area contributed by atoms with E-state index in [4.69, 9.17) is 5.10 Å². The summed E-state index contributed by atoms with van der Waals surface area (Å²) in [5.74, 6) is -0.328. The molecular weight excluding hydrogens is 633 g/mol. The van der Waals surface area contributed by atoms with E-state index < -0.39 is 27.7 Å². The number of hydrogen-bond donors (Lipinski definition) is 2. The molecule has 2 amide bonds. The highest BCUT2D eigenvalue weighted by Gasteiger charge is 2.44. The van der Waals surface area contributed by atoms with Crippen LogP contribution in [0.1, 0.15) is 58.4 Å². The maximum absolute atomic E-state index is 14.1. The fraction of sp³-hybridized carbons (Fsp3) is 0.485. The Labute approximate surface area is 272 Å². The fourth-order valence-electron chi connectivity index (χ4n) is 7.04. The molecular formula is C33H39F3N6O4S. The highest BCUT2D eigenvalue weighted by molar-refractivity contribution is 7.88. The molecule has 10 nitrogen and oxygen atoms in total. The summed E-state index contributed by atoms with van der Waals surface area (Å²) < 4.78 is 70.4. The van der Waals surface area contributed by atoms with Crippen LogP contribution in [0.2, 0.25) is 0 Å². The summed E-state index contributed by atoms with van der Waals surface area (Å²) >= 11 is 0. The van der Waals surface area contributed by atoms with Crippen molar-refractivity contribution in [3.8, 4) is 11.3 Å². The van der Waals surface area contributed by atoms with Crippen LogP contribution in [0.4, 0.5) is 13.2 Å². The van der Waals surface area contributed by atoms with Crippen molar-refractivity contribution in [1.82, 2.24) is 29.6 Å². The molecule has 0 radical (unpaired) electrons. The number of likely N-dealkylation sites (tertiary alicyclic amines) is 1. The number of amides is 2. The molecule has 1 aromatic heterocycles. The van der Waals surface area contributed by atoms with E-state index in [1.165, 1.54) is 16.4 Å². The number of rotatable bonds is 9. The van der Waals surface area contributed by atoms with Crippen LogP contribution in [-0.4, -0.2) is 78.2 Å². The average Bonchev–Trinajstić information content (AvgIpc) is 3.59. The van der Waals surface area contributed by atoms with Gasteiger partial charge in [-0.15, -0.1) is 0 Å². The van der Waals surface area contributed by atoms with Crippen molar-refractivity contribution in [3.63, 3.8) is 0 Å². The number of alkyl halides is 3. The zero-order chi connectivity index (χ0) is 33.4. The van der Waals surface area contributed by atoms with Gasteiger partial charge in [0.15, 0.2) is 0 Å². The number of aromatic nitrogens is 2. The number of piperidine rings is 1. The van der Waals surface area contributed by atoms with Gasteiger partial charge in [-0.05, 0) is 75.1 Å². The maximum atomic E-state index is 14.1. The summed E-state index contributed by atoms with van der Waals surface area (Å²) in [5.41, 5.74) is 1.53. The Kier molecular flexibility index (Phi) is 9.20. The molecule has 2 aromatic carbocycles. The Balaban J connectivity index is 1.24. The lowest BCUT2D eigenvalue weighted by atomic mass is 9.77. The first-order valence-corrected chi connectivity index (χ1v) is 17.8. The van der Waals surface area contributed by atoms with Crippen LogP contribution in [-0.2, 0) is 47.0 Å². The molecule has 3 aliphatic rings. The van der Waals surface area contributed by atoms with Gasteiger partial charge in [-0.25, -0.2) is 8.42 Å². The molecule has 2 fully saturated rings. The monoisotopic (exact) mass is 672 g/mol. The van der Waals surface area contributed by atoms with Crippen molar-refractivity contribution in [2.75, 3.05) is 39.0 Å². The van der Waals surface area contributed by atoms with Crippen LogP contribution >= 0.6 is 0 Å². The van der Waals surface area contributed by atoms with Crippen molar-refractivity contribution in [1.29, 1.82) is 0 Å². The van der Waals surface area contributed by atoms with E-state index >= 15 is 0 Å². The zero-order valence-corrected chi connectivity index (χ0v) is 27.1. The van der Waals surface area contributed by atoms with E-state index in [0.29, 0.717) is 35.3 Å². The lowest BCUT2D eigenvalue weighted by Gasteiger charge is -2.37. The van der Waals surface area contributed by atoms with Crippen molar-refractivity contribution >= 4 is 21.8 Å². The van der Waals surface area contributed by atoms with Gasteiger partial charge in [0.05, 0.1) is 22.9 Å². The maximum Gasteiger partial charge on any atom is 0.416 e. The predicted octanol–water partition coefficient (Wildman–Crippen LogP) is 3.81. The Hall–Kier alpha value is -3.75. The molecule has 0 aliphatic carbocycles. The Morgan fingerprint density at radius 1 is 1.04 bits per heavy atom. The zero-order valence-electron chi connectivity index (χ0n) is 26.3. The summed E-state index contributed by atoms with van der Waals surface area (Å²) in [6.45, 7) is 3.80. The smallest absolute Gasteiger partial charge is 0.356 e. The van der Waals surface area contributed by atoms with Crippen LogP contribution < -0.4 is 10.6 Å². The van der Waals surface area contributed by atoms with Crippen LogP contribution in [0.15, 0.2) is 48.5 Å². The van der Waals surface area contributed by atoms with Crippen LogP contribution in [0, 0.1) is 5.41 Å². The first kappa shape index (κ1) is 33.2. The summed E-state index contributed by atoms with van der Waals surface area (Å²) in [6.07, 6.45) is 0.257. The number of nitrogens with one attached hydrogen (secondary N) is 2. The van der Waals surface area contributed by atoms with Crippen molar-refractivity contribution < 1.29 is 31.2 Å². The number of nitrogens with zero attached hydrogens (tertiary/aromatic N) is 4. The molecule has 1 spiro atoms. The van der Waals surface area contributed by atoms with E-state index in [9.17, 15) is 31.2 Å². The van der Waals surface area contributed by atoms with Crippen molar-refractivity contribution in [2.24, 2.45) is 5.41 Å². The van der Waals surface area contributed by atoms with Gasteiger partial charge in [0.1, 0.15) is 0 Å². The highest BCUT2D eigenvalue weighted by atomic mass is 32.2. The first-order valence-electron chi connectivity index (χ1n) is 15.9. The molecule has 0 bridgehead atoms. The quantitative estimate of drug-likeness (QED) is 0.358. The number of halogens is 3. The van der Waals surface area contributed by atoms with Crippen molar-refractivity contribution in [3.05, 3.63) is 76.5 Å². The number of fused-ring (bicyclic) bond motifs is 1. The number of aryl methyl sites for hydroxylation is 1. The molecule has 3 aromatic rings. The van der Waals surface area contributed by atoms with E-state index in [1.54, 1.807) is 30.3 Å². The lowest BCUT2D eigenvalue weighted by molar-refractivity contribution is -0.138. The molecule has 3 aliphatic heterocycles. The number of carbonyl (C=O) groups excluding carboxylic acids is 2. The van der Waals surface area contributed by atoms with Gasteiger partial charge in [0.25, 0.3) is 5.91 Å². The number of sulfonamides is 1. The normalized spacial score (nSPS) is 18.7. The molecule has 2 N–H and O–H groups in total. The largest absolute Gasteiger partial charge is 0.416 e. The summed E-state index contributed by atoms with van der Waals surface area (Å²) in [5, 5.41) is 10.4. The summed E-state index contributed by atoms with van der Waals surface area (Å²) in [6, 6.07) is 12.0. The molecule has 0 saturated carbocycles. The van der Waals surface area contributed by atoms with Crippen LogP contribution in [0.3, 0.4) is 0 Å². The van der Waals surface area contributed by atoms with E-state index in [0.717, 1.165) is 69.9 Å².